The first-order valence-corrected chi connectivity index (χ1v) is 17.0. The second-order valence-electron chi connectivity index (χ2n) is 12.7. The normalized spacial score (nSPS) is 15.9. The number of rotatable bonds is 10. The van der Waals surface area contributed by atoms with Gasteiger partial charge in [0.25, 0.3) is 0 Å². The summed E-state index contributed by atoms with van der Waals surface area (Å²) < 4.78 is 14.9. The van der Waals surface area contributed by atoms with Crippen molar-refractivity contribution in [2.24, 2.45) is 5.41 Å². The summed E-state index contributed by atoms with van der Waals surface area (Å²) in [6, 6.07) is 10.2. The number of hydrogen-bond donors (Lipinski definition) is 0. The Morgan fingerprint density at radius 1 is 1.24 bits per heavy atom. The number of benzene rings is 1. The first-order chi connectivity index (χ1) is 21.4. The number of nitrogens with zero attached hydrogens (tertiary/aromatic N) is 5. The molecule has 0 radical (unpaired) electrons. The van der Waals surface area contributed by atoms with Gasteiger partial charge in [-0.3, -0.25) is 0 Å². The van der Waals surface area contributed by atoms with Crippen molar-refractivity contribution in [3.63, 3.8) is 0 Å². The van der Waals surface area contributed by atoms with Gasteiger partial charge in [0.1, 0.15) is 16.5 Å². The van der Waals surface area contributed by atoms with Gasteiger partial charge in [-0.15, -0.1) is 11.3 Å². The second kappa shape index (κ2) is 13.6. The van der Waals surface area contributed by atoms with Crippen LogP contribution in [-0.4, -0.2) is 50.8 Å². The van der Waals surface area contributed by atoms with E-state index in [1.54, 1.807) is 11.3 Å². The van der Waals surface area contributed by atoms with E-state index in [-0.39, 0.29) is 12.0 Å². The van der Waals surface area contributed by atoms with E-state index in [4.69, 9.17) is 24.5 Å². The number of thiazole rings is 1. The summed E-state index contributed by atoms with van der Waals surface area (Å²) in [4.78, 5) is 26.7. The minimum Gasteiger partial charge on any atom is -0.464 e. The highest BCUT2D eigenvalue weighted by molar-refractivity contribution is 9.10. The summed E-state index contributed by atoms with van der Waals surface area (Å²) in [5, 5.41) is 5.90. The van der Waals surface area contributed by atoms with Gasteiger partial charge in [0, 0.05) is 46.8 Å². The van der Waals surface area contributed by atoms with Gasteiger partial charge in [0.15, 0.2) is 11.8 Å². The van der Waals surface area contributed by atoms with Crippen molar-refractivity contribution < 1.29 is 14.3 Å². The first-order valence-electron chi connectivity index (χ1n) is 15.4. The Bertz CT molecular complexity index is 1710. The number of carbonyl (C=O) groups excluding carboxylic acids is 1. The van der Waals surface area contributed by atoms with Crippen molar-refractivity contribution in [3.8, 4) is 10.7 Å². The van der Waals surface area contributed by atoms with Gasteiger partial charge in [0.2, 0.25) is 0 Å². The topological polar surface area (TPSA) is 81.8 Å². The molecule has 0 N–H and O–H groups in total. The van der Waals surface area contributed by atoms with Crippen LogP contribution in [0.15, 0.2) is 65.8 Å². The number of anilines is 1. The number of carbonyl (C=O) groups is 1. The highest BCUT2D eigenvalue weighted by Gasteiger charge is 2.37. The number of fused-ring (bicyclic) bond motifs is 1. The standard InChI is InChI=1S/C35H42BrN5O3S/c1-8-10-15-35(7)16-18-40(19-17-35)32-29(30(33(42)43-9-2)44-34(4,5)6)23(3)38-28-21-27(39-41(28)32)31-37-22-25(45-31)20-24-13-11-12-14-26(24)36/h8,10-15,21-22,30H,1,9,16-20H2,2-7H3/b15-10+/t30-/m0/s1. The fourth-order valence-electron chi connectivity index (χ4n) is 5.66. The number of hydrogen-bond acceptors (Lipinski definition) is 8. The number of halogens is 1. The lowest BCUT2D eigenvalue weighted by Gasteiger charge is -2.40. The van der Waals surface area contributed by atoms with Gasteiger partial charge in [-0.2, -0.15) is 9.61 Å². The molecule has 1 fully saturated rings. The van der Waals surface area contributed by atoms with Gasteiger partial charge in [0.05, 0.1) is 17.8 Å². The molecule has 8 nitrogen and oxygen atoms in total. The predicted octanol–water partition coefficient (Wildman–Crippen LogP) is 8.28. The Balaban J connectivity index is 1.61. The quantitative estimate of drug-likeness (QED) is 0.122. The predicted molar refractivity (Wildman–Crippen MR) is 185 cm³/mol. The van der Waals surface area contributed by atoms with Crippen molar-refractivity contribution >= 4 is 44.7 Å². The maximum Gasteiger partial charge on any atom is 0.340 e. The van der Waals surface area contributed by atoms with Crippen molar-refractivity contribution in [2.75, 3.05) is 24.6 Å². The molecule has 1 aliphatic rings. The molecule has 0 saturated carbocycles. The van der Waals surface area contributed by atoms with E-state index >= 15 is 0 Å². The van der Waals surface area contributed by atoms with Gasteiger partial charge in [-0.1, -0.05) is 65.9 Å². The van der Waals surface area contributed by atoms with E-state index in [0.29, 0.717) is 16.9 Å². The Morgan fingerprint density at radius 3 is 2.64 bits per heavy atom. The molecule has 0 amide bonds. The molecular weight excluding hydrogens is 650 g/mol. The van der Waals surface area contributed by atoms with Crippen LogP contribution in [0.2, 0.25) is 0 Å². The molecule has 45 heavy (non-hydrogen) atoms. The number of allylic oxidation sites excluding steroid dienone is 3. The number of aromatic nitrogens is 4. The molecule has 0 spiro atoms. The molecular formula is C35H42BrN5O3S. The Morgan fingerprint density at radius 2 is 1.98 bits per heavy atom. The summed E-state index contributed by atoms with van der Waals surface area (Å²) in [5.41, 5.74) is 3.48. The number of piperidine rings is 1. The highest BCUT2D eigenvalue weighted by atomic mass is 79.9. The molecule has 1 saturated heterocycles. The molecule has 1 atom stereocenters. The Kier molecular flexibility index (Phi) is 9.96. The monoisotopic (exact) mass is 691 g/mol. The van der Waals surface area contributed by atoms with Crippen molar-refractivity contribution in [2.45, 2.75) is 72.5 Å². The third kappa shape index (κ3) is 7.56. The third-order valence-electron chi connectivity index (χ3n) is 7.97. The van der Waals surface area contributed by atoms with Crippen LogP contribution < -0.4 is 4.90 Å². The van der Waals surface area contributed by atoms with E-state index in [9.17, 15) is 4.79 Å². The highest BCUT2D eigenvalue weighted by Crippen LogP contribution is 2.40. The van der Waals surface area contributed by atoms with Crippen molar-refractivity contribution in [1.29, 1.82) is 0 Å². The van der Waals surface area contributed by atoms with E-state index in [1.807, 2.05) is 75.7 Å². The minimum absolute atomic E-state index is 0.0504. The summed E-state index contributed by atoms with van der Waals surface area (Å²) in [7, 11) is 0. The van der Waals surface area contributed by atoms with E-state index in [1.165, 1.54) is 5.56 Å². The number of esters is 1. The smallest absolute Gasteiger partial charge is 0.340 e. The molecule has 1 aliphatic heterocycles. The van der Waals surface area contributed by atoms with Gasteiger partial charge < -0.3 is 14.4 Å². The molecule has 0 unspecified atom stereocenters. The fourth-order valence-corrected chi connectivity index (χ4v) is 6.98. The van der Waals surface area contributed by atoms with Crippen LogP contribution in [0.25, 0.3) is 16.3 Å². The summed E-state index contributed by atoms with van der Waals surface area (Å²) in [5.74, 6) is 0.378. The molecule has 10 heteroatoms. The van der Waals surface area contributed by atoms with Crippen molar-refractivity contribution in [1.82, 2.24) is 19.6 Å². The Labute approximate surface area is 278 Å². The molecule has 3 aromatic heterocycles. The lowest BCUT2D eigenvalue weighted by atomic mass is 9.80. The van der Waals surface area contributed by atoms with E-state index in [2.05, 4.69) is 52.5 Å². The number of ether oxygens (including phenoxy) is 2. The molecule has 238 valence electrons. The third-order valence-corrected chi connectivity index (χ3v) is 9.77. The molecule has 0 bridgehead atoms. The summed E-state index contributed by atoms with van der Waals surface area (Å²) >= 11 is 5.29. The van der Waals surface area contributed by atoms with Crippen LogP contribution in [-0.2, 0) is 20.7 Å². The minimum atomic E-state index is -0.964. The Hall–Kier alpha value is -3.34. The molecule has 4 heterocycles. The lowest BCUT2D eigenvalue weighted by molar-refractivity contribution is -0.166. The fraction of sp³-hybridized carbons (Fsp3) is 0.429. The zero-order chi connectivity index (χ0) is 32.4. The molecule has 4 aromatic rings. The SMILES string of the molecule is C=C/C=C/C1(C)CCN(c2c([C@H](OC(C)(C)C)C(=O)OCC)c(C)nc3cc(-c4ncc(Cc5ccccc5Br)s4)nn23)CC1. The largest absolute Gasteiger partial charge is 0.464 e. The van der Waals surface area contributed by atoms with Crippen molar-refractivity contribution in [3.05, 3.63) is 87.5 Å². The van der Waals surface area contributed by atoms with Gasteiger partial charge >= 0.3 is 5.97 Å². The zero-order valence-corrected chi connectivity index (χ0v) is 29.4. The molecule has 0 aliphatic carbocycles. The molecule has 1 aromatic carbocycles. The average molecular weight is 693 g/mol. The molecule has 5 rings (SSSR count). The van der Waals surface area contributed by atoms with E-state index in [0.717, 1.165) is 58.2 Å². The maximum absolute atomic E-state index is 13.5. The second-order valence-corrected chi connectivity index (χ2v) is 14.7. The van der Waals surface area contributed by atoms with Crippen LogP contribution in [0.5, 0.6) is 0 Å². The summed E-state index contributed by atoms with van der Waals surface area (Å²) in [6.45, 7) is 17.5. The van der Waals surface area contributed by atoms with E-state index < -0.39 is 17.7 Å². The first kappa shape index (κ1) is 33.0. The lowest BCUT2D eigenvalue weighted by Crippen LogP contribution is -2.40. The van der Waals surface area contributed by atoms with Crippen LogP contribution in [0.3, 0.4) is 0 Å². The maximum atomic E-state index is 13.5. The van der Waals surface area contributed by atoms with Crippen LogP contribution in [0, 0.1) is 12.3 Å². The van der Waals surface area contributed by atoms with Crippen LogP contribution in [0.4, 0.5) is 5.82 Å². The summed E-state index contributed by atoms with van der Waals surface area (Å²) in [6.07, 6.45) is 9.70. The van der Waals surface area contributed by atoms with Gasteiger partial charge in [-0.05, 0) is 64.5 Å². The van der Waals surface area contributed by atoms with Crippen LogP contribution in [0.1, 0.15) is 75.3 Å². The average Bonchev–Trinajstić information content (AvgIpc) is 3.63. The van der Waals surface area contributed by atoms with Gasteiger partial charge in [-0.25, -0.2) is 14.8 Å². The zero-order valence-electron chi connectivity index (χ0n) is 27.0. The van der Waals surface area contributed by atoms with Crippen LogP contribution >= 0.6 is 27.3 Å². The number of aryl methyl sites for hydroxylation is 1.